The maximum atomic E-state index is 10.5. The molecule has 106 valence electrons. The third kappa shape index (κ3) is 4.44. The van der Waals surface area contributed by atoms with Crippen LogP contribution >= 0.6 is 0 Å². The number of carboxylic acids is 1. The number of hydrogen-bond donors (Lipinski definition) is 1. The maximum absolute atomic E-state index is 10.5. The molecule has 0 atom stereocenters. The van der Waals surface area contributed by atoms with Crippen LogP contribution < -0.4 is 4.74 Å². The largest absolute Gasteiger partial charge is 0.481 e. The minimum absolute atomic E-state index is 0.116. The Labute approximate surface area is 117 Å². The molecule has 1 N–H and O–H groups in total. The molecule has 1 aromatic carbocycles. The Morgan fingerprint density at radius 1 is 1.25 bits per heavy atom. The molecule has 0 aliphatic carbocycles. The highest BCUT2D eigenvalue weighted by Gasteiger charge is 2.08. The second kappa shape index (κ2) is 6.77. The molecule has 0 amide bonds. The summed E-state index contributed by atoms with van der Waals surface area (Å²) in [6.07, 6.45) is 0.116. The van der Waals surface area contributed by atoms with Crippen molar-refractivity contribution in [3.05, 3.63) is 48.2 Å². The molecule has 0 unspecified atom stereocenters. The zero-order valence-electron chi connectivity index (χ0n) is 11.3. The summed E-state index contributed by atoms with van der Waals surface area (Å²) in [6, 6.07) is 13.0. The predicted molar refractivity (Wildman–Crippen MR) is 73.8 cm³/mol. The summed E-state index contributed by atoms with van der Waals surface area (Å²) in [5, 5.41) is 8.63. The van der Waals surface area contributed by atoms with Crippen molar-refractivity contribution in [2.75, 3.05) is 13.6 Å². The van der Waals surface area contributed by atoms with E-state index in [9.17, 15) is 4.79 Å². The van der Waals surface area contributed by atoms with Gasteiger partial charge in [-0.2, -0.15) is 0 Å². The highest BCUT2D eigenvalue weighted by Crippen LogP contribution is 2.23. The number of furan rings is 1. The van der Waals surface area contributed by atoms with E-state index >= 15 is 0 Å². The minimum atomic E-state index is -0.801. The van der Waals surface area contributed by atoms with E-state index in [-0.39, 0.29) is 6.42 Å². The van der Waals surface area contributed by atoms with Gasteiger partial charge in [0.15, 0.2) is 0 Å². The van der Waals surface area contributed by atoms with Crippen molar-refractivity contribution in [3.8, 4) is 11.7 Å². The van der Waals surface area contributed by atoms with Crippen LogP contribution in [0, 0.1) is 0 Å². The van der Waals surface area contributed by atoms with Gasteiger partial charge in [-0.1, -0.05) is 18.2 Å². The first kappa shape index (κ1) is 14.1. The Kier molecular flexibility index (Phi) is 4.79. The maximum Gasteiger partial charge on any atom is 0.304 e. The van der Waals surface area contributed by atoms with Crippen LogP contribution in [-0.2, 0) is 11.3 Å². The quantitative estimate of drug-likeness (QED) is 0.841. The summed E-state index contributed by atoms with van der Waals surface area (Å²) >= 11 is 0. The number of hydrogen-bond acceptors (Lipinski definition) is 4. The summed E-state index contributed by atoms with van der Waals surface area (Å²) in [4.78, 5) is 12.4. The molecule has 0 aliphatic rings. The predicted octanol–water partition coefficient (Wildman–Crippen LogP) is 2.98. The van der Waals surface area contributed by atoms with Gasteiger partial charge in [0.25, 0.3) is 5.95 Å². The van der Waals surface area contributed by atoms with Crippen LogP contribution in [0.15, 0.2) is 46.9 Å². The zero-order chi connectivity index (χ0) is 14.4. The molecule has 2 rings (SSSR count). The Morgan fingerprint density at radius 2 is 2.00 bits per heavy atom. The van der Waals surface area contributed by atoms with Crippen molar-refractivity contribution in [3.63, 3.8) is 0 Å². The van der Waals surface area contributed by atoms with Crippen molar-refractivity contribution >= 4 is 5.97 Å². The SMILES string of the molecule is CN(CCC(=O)O)Cc1ccc(Oc2ccccc2)o1. The third-order valence-corrected chi connectivity index (χ3v) is 2.73. The second-order valence-corrected chi connectivity index (χ2v) is 4.52. The lowest BCUT2D eigenvalue weighted by molar-refractivity contribution is -0.137. The normalized spacial score (nSPS) is 10.7. The first-order chi connectivity index (χ1) is 9.63. The summed E-state index contributed by atoms with van der Waals surface area (Å²) in [5.41, 5.74) is 0. The first-order valence-electron chi connectivity index (χ1n) is 6.35. The molecule has 1 heterocycles. The molecular formula is C15H17NO4. The number of carboxylic acid groups (broad SMARTS) is 1. The molecule has 0 saturated heterocycles. The Hall–Kier alpha value is -2.27. The number of para-hydroxylation sites is 1. The van der Waals surface area contributed by atoms with Crippen molar-refractivity contribution in [1.29, 1.82) is 0 Å². The fourth-order valence-electron chi connectivity index (χ4n) is 1.73. The molecule has 0 fully saturated rings. The third-order valence-electron chi connectivity index (χ3n) is 2.73. The molecule has 0 bridgehead atoms. The molecule has 0 saturated carbocycles. The summed E-state index contributed by atoms with van der Waals surface area (Å²) < 4.78 is 11.1. The zero-order valence-corrected chi connectivity index (χ0v) is 11.3. The monoisotopic (exact) mass is 275 g/mol. The van der Waals surface area contributed by atoms with Crippen LogP contribution in [0.1, 0.15) is 12.2 Å². The number of carbonyl (C=O) groups is 1. The lowest BCUT2D eigenvalue weighted by Crippen LogP contribution is -2.20. The minimum Gasteiger partial charge on any atom is -0.481 e. The van der Waals surface area contributed by atoms with E-state index in [1.165, 1.54) is 0 Å². The molecular weight excluding hydrogens is 258 g/mol. The molecule has 2 aromatic rings. The lowest BCUT2D eigenvalue weighted by Gasteiger charge is -2.13. The smallest absolute Gasteiger partial charge is 0.304 e. The molecule has 5 nitrogen and oxygen atoms in total. The van der Waals surface area contributed by atoms with E-state index < -0.39 is 5.97 Å². The fraction of sp³-hybridized carbons (Fsp3) is 0.267. The highest BCUT2D eigenvalue weighted by molar-refractivity contribution is 5.66. The van der Waals surface area contributed by atoms with Crippen molar-refractivity contribution < 1.29 is 19.1 Å². The molecule has 1 aromatic heterocycles. The Bertz CT molecular complexity index is 550. The van der Waals surface area contributed by atoms with E-state index in [0.29, 0.717) is 24.8 Å². The van der Waals surface area contributed by atoms with Crippen LogP contribution in [0.2, 0.25) is 0 Å². The summed E-state index contributed by atoms with van der Waals surface area (Å²) in [6.45, 7) is 1.02. The number of aliphatic carboxylic acids is 1. The molecule has 20 heavy (non-hydrogen) atoms. The van der Waals surface area contributed by atoms with Crippen LogP contribution in [0.3, 0.4) is 0 Å². The fourth-order valence-corrected chi connectivity index (χ4v) is 1.73. The first-order valence-corrected chi connectivity index (χ1v) is 6.35. The van der Waals surface area contributed by atoms with Crippen LogP contribution in [0.5, 0.6) is 11.7 Å². The van der Waals surface area contributed by atoms with Gasteiger partial charge in [-0.3, -0.25) is 9.69 Å². The van der Waals surface area contributed by atoms with Gasteiger partial charge in [-0.15, -0.1) is 0 Å². The summed E-state index contributed by atoms with van der Waals surface area (Å²) in [5.74, 6) is 1.08. The van der Waals surface area contributed by atoms with Gasteiger partial charge in [0.05, 0.1) is 13.0 Å². The lowest BCUT2D eigenvalue weighted by atomic mass is 10.3. The van der Waals surface area contributed by atoms with Crippen LogP contribution in [0.25, 0.3) is 0 Å². The Morgan fingerprint density at radius 3 is 2.70 bits per heavy atom. The van der Waals surface area contributed by atoms with Crippen LogP contribution in [-0.4, -0.2) is 29.6 Å². The number of nitrogens with zero attached hydrogens (tertiary/aromatic N) is 1. The van der Waals surface area contributed by atoms with E-state index in [1.54, 1.807) is 6.07 Å². The van der Waals surface area contributed by atoms with Crippen LogP contribution in [0.4, 0.5) is 0 Å². The van der Waals surface area contributed by atoms with Crippen molar-refractivity contribution in [2.45, 2.75) is 13.0 Å². The molecule has 0 spiro atoms. The van der Waals surface area contributed by atoms with E-state index in [4.69, 9.17) is 14.3 Å². The van der Waals surface area contributed by atoms with Crippen molar-refractivity contribution in [1.82, 2.24) is 4.90 Å². The average molecular weight is 275 g/mol. The number of benzene rings is 1. The molecule has 0 aliphatic heterocycles. The van der Waals surface area contributed by atoms with Crippen molar-refractivity contribution in [2.24, 2.45) is 0 Å². The van der Waals surface area contributed by atoms with Gasteiger partial charge >= 0.3 is 5.97 Å². The standard InChI is InChI=1S/C15H17NO4/c1-16(10-9-14(17)18)11-13-7-8-15(20-13)19-12-5-3-2-4-6-12/h2-8H,9-11H2,1H3,(H,17,18). The second-order valence-electron chi connectivity index (χ2n) is 4.52. The van der Waals surface area contributed by atoms with Gasteiger partial charge in [0.1, 0.15) is 11.5 Å². The van der Waals surface area contributed by atoms with E-state index in [2.05, 4.69) is 0 Å². The topological polar surface area (TPSA) is 62.9 Å². The molecule has 5 heteroatoms. The average Bonchev–Trinajstić information content (AvgIpc) is 2.85. The highest BCUT2D eigenvalue weighted by atomic mass is 16.6. The van der Waals surface area contributed by atoms with Gasteiger partial charge in [0.2, 0.25) is 0 Å². The van der Waals surface area contributed by atoms with Gasteiger partial charge in [-0.05, 0) is 25.2 Å². The van der Waals surface area contributed by atoms with Gasteiger partial charge in [0, 0.05) is 12.6 Å². The summed E-state index contributed by atoms with van der Waals surface area (Å²) in [7, 11) is 1.85. The van der Waals surface area contributed by atoms with E-state index in [0.717, 1.165) is 5.76 Å². The van der Waals surface area contributed by atoms with E-state index in [1.807, 2.05) is 48.3 Å². The van der Waals surface area contributed by atoms with Gasteiger partial charge in [-0.25, -0.2) is 0 Å². The van der Waals surface area contributed by atoms with Gasteiger partial charge < -0.3 is 14.3 Å². The molecule has 0 radical (unpaired) electrons. The number of rotatable bonds is 7. The number of ether oxygens (including phenoxy) is 1. The Balaban J connectivity index is 1.87.